The number of aryl methyl sites for hydroxylation is 3. The molecule has 0 saturated carbocycles. The first kappa shape index (κ1) is 16.3. The predicted molar refractivity (Wildman–Crippen MR) is 96.5 cm³/mol. The van der Waals surface area contributed by atoms with Crippen LogP contribution in [0.4, 0.5) is 0 Å². The van der Waals surface area contributed by atoms with Crippen LogP contribution in [-0.4, -0.2) is 38.7 Å². The summed E-state index contributed by atoms with van der Waals surface area (Å²) in [6, 6.07) is 8.71. The van der Waals surface area contributed by atoms with Gasteiger partial charge < -0.3 is 4.90 Å². The van der Waals surface area contributed by atoms with E-state index in [2.05, 4.69) is 39.2 Å². The first-order valence-electron chi connectivity index (χ1n) is 9.40. The minimum atomic E-state index is 0.0299. The van der Waals surface area contributed by atoms with Crippen LogP contribution in [0.1, 0.15) is 60.4 Å². The van der Waals surface area contributed by atoms with E-state index in [0.717, 1.165) is 56.8 Å². The van der Waals surface area contributed by atoms with Crippen molar-refractivity contribution >= 4 is 5.91 Å². The molecular formula is C20H26N4O. The van der Waals surface area contributed by atoms with Crippen molar-refractivity contribution in [3.8, 4) is 0 Å². The molecule has 1 aromatic carbocycles. The second-order valence-corrected chi connectivity index (χ2v) is 7.37. The maximum absolute atomic E-state index is 13.3. The molecule has 5 nitrogen and oxygen atoms in total. The number of likely N-dealkylation sites (tertiary alicyclic amines) is 1. The number of carbonyl (C=O) groups excluding carboxylic acids is 1. The van der Waals surface area contributed by atoms with Crippen molar-refractivity contribution in [3.05, 3.63) is 47.0 Å². The first-order valence-corrected chi connectivity index (χ1v) is 9.40. The van der Waals surface area contributed by atoms with Gasteiger partial charge in [0.1, 0.15) is 11.6 Å². The average Bonchev–Trinajstić information content (AvgIpc) is 2.99. The Morgan fingerprint density at radius 2 is 2.00 bits per heavy atom. The Morgan fingerprint density at radius 3 is 2.80 bits per heavy atom. The molecule has 1 saturated heterocycles. The maximum Gasteiger partial charge on any atom is 0.230 e. The number of hydrogen-bond acceptors (Lipinski definition) is 3. The molecule has 0 radical (unpaired) electrons. The van der Waals surface area contributed by atoms with Crippen LogP contribution in [0.3, 0.4) is 0 Å². The number of benzene rings is 1. The summed E-state index contributed by atoms with van der Waals surface area (Å²) in [5.74, 6) is 2.08. The van der Waals surface area contributed by atoms with Crippen molar-refractivity contribution in [3.63, 3.8) is 0 Å². The lowest BCUT2D eigenvalue weighted by molar-refractivity contribution is -0.134. The molecule has 1 aliphatic heterocycles. The summed E-state index contributed by atoms with van der Waals surface area (Å²) >= 11 is 0. The number of aromatic nitrogens is 3. The van der Waals surface area contributed by atoms with Crippen LogP contribution in [0.2, 0.25) is 0 Å². The van der Waals surface area contributed by atoms with Gasteiger partial charge in [-0.05, 0) is 57.1 Å². The minimum Gasteiger partial charge on any atom is -0.340 e. The third kappa shape index (κ3) is 3.08. The highest BCUT2D eigenvalue weighted by molar-refractivity contribution is 5.84. The molecule has 0 bridgehead atoms. The Morgan fingerprint density at radius 1 is 1.16 bits per heavy atom. The molecule has 1 amide bonds. The summed E-state index contributed by atoms with van der Waals surface area (Å²) in [7, 11) is 0. The number of rotatable bonds is 2. The molecule has 1 fully saturated rings. The lowest BCUT2D eigenvalue weighted by Gasteiger charge is -2.36. The van der Waals surface area contributed by atoms with Crippen molar-refractivity contribution in [1.29, 1.82) is 0 Å². The van der Waals surface area contributed by atoms with Gasteiger partial charge in [0.2, 0.25) is 5.91 Å². The molecule has 132 valence electrons. The highest BCUT2D eigenvalue weighted by Crippen LogP contribution is 2.34. The molecule has 4 rings (SSSR count). The van der Waals surface area contributed by atoms with Gasteiger partial charge in [-0.25, -0.2) is 9.67 Å². The Kier molecular flexibility index (Phi) is 4.32. The van der Waals surface area contributed by atoms with E-state index in [0.29, 0.717) is 5.91 Å². The van der Waals surface area contributed by atoms with Crippen molar-refractivity contribution in [2.24, 2.45) is 0 Å². The lowest BCUT2D eigenvalue weighted by Crippen LogP contribution is -2.44. The molecule has 2 atom stereocenters. The van der Waals surface area contributed by atoms with E-state index < -0.39 is 0 Å². The lowest BCUT2D eigenvalue weighted by atomic mass is 9.82. The highest BCUT2D eigenvalue weighted by Gasteiger charge is 2.33. The molecule has 1 aromatic heterocycles. The minimum absolute atomic E-state index is 0.0299. The van der Waals surface area contributed by atoms with Gasteiger partial charge in [-0.1, -0.05) is 24.3 Å². The fraction of sp³-hybridized carbons (Fsp3) is 0.550. The van der Waals surface area contributed by atoms with Crippen LogP contribution in [0.5, 0.6) is 0 Å². The Labute approximate surface area is 149 Å². The molecule has 1 aliphatic carbocycles. The Balaban J connectivity index is 1.54. The zero-order valence-electron chi connectivity index (χ0n) is 15.1. The fourth-order valence-corrected chi connectivity index (χ4v) is 4.47. The van der Waals surface area contributed by atoms with Crippen LogP contribution < -0.4 is 0 Å². The number of nitrogens with zero attached hydrogens (tertiary/aromatic N) is 4. The molecule has 2 aromatic rings. The predicted octanol–water partition coefficient (Wildman–Crippen LogP) is 3.18. The molecule has 2 aliphatic rings. The molecule has 5 heteroatoms. The Hall–Kier alpha value is -2.17. The summed E-state index contributed by atoms with van der Waals surface area (Å²) in [6.07, 6.45) is 5.27. The molecule has 0 spiro atoms. The maximum atomic E-state index is 13.3. The highest BCUT2D eigenvalue weighted by atomic mass is 16.2. The standard InChI is InChI=1S/C20H26N4O/c1-14-21-15(2)24(22-14)17-9-6-12-23(13-17)20(25)19-11-5-8-16-7-3-4-10-18(16)19/h3-4,7,10,17,19H,5-6,8-9,11-13H2,1-2H3. The zero-order chi connectivity index (χ0) is 17.4. The van der Waals surface area contributed by atoms with E-state index in [1.807, 2.05) is 18.5 Å². The summed E-state index contributed by atoms with van der Waals surface area (Å²) < 4.78 is 2.02. The van der Waals surface area contributed by atoms with Crippen LogP contribution >= 0.6 is 0 Å². The van der Waals surface area contributed by atoms with E-state index in [9.17, 15) is 4.79 Å². The molecule has 0 N–H and O–H groups in total. The van der Waals surface area contributed by atoms with E-state index in [1.165, 1.54) is 11.1 Å². The quantitative estimate of drug-likeness (QED) is 0.845. The first-order chi connectivity index (χ1) is 12.1. The van der Waals surface area contributed by atoms with Crippen LogP contribution in [0.15, 0.2) is 24.3 Å². The summed E-state index contributed by atoms with van der Waals surface area (Å²) in [5.41, 5.74) is 2.59. The molecular weight excluding hydrogens is 312 g/mol. The van der Waals surface area contributed by atoms with Gasteiger partial charge >= 0.3 is 0 Å². The van der Waals surface area contributed by atoms with Gasteiger partial charge in [-0.2, -0.15) is 5.10 Å². The third-order valence-corrected chi connectivity index (χ3v) is 5.63. The molecule has 25 heavy (non-hydrogen) atoms. The topological polar surface area (TPSA) is 51.0 Å². The molecule has 2 unspecified atom stereocenters. The van der Waals surface area contributed by atoms with Crippen molar-refractivity contribution in [2.45, 2.75) is 57.9 Å². The number of fused-ring (bicyclic) bond motifs is 1. The van der Waals surface area contributed by atoms with E-state index >= 15 is 0 Å². The summed E-state index contributed by atoms with van der Waals surface area (Å²) in [4.78, 5) is 19.8. The SMILES string of the molecule is Cc1nc(C)n(C2CCCN(C(=O)C3CCCc4ccccc43)C2)n1. The van der Waals surface area contributed by atoms with E-state index in [4.69, 9.17) is 0 Å². The fourth-order valence-electron chi connectivity index (χ4n) is 4.47. The van der Waals surface area contributed by atoms with Crippen molar-refractivity contribution < 1.29 is 4.79 Å². The van der Waals surface area contributed by atoms with Gasteiger partial charge in [0, 0.05) is 13.1 Å². The number of piperidine rings is 1. The molecule has 2 heterocycles. The number of hydrogen-bond donors (Lipinski definition) is 0. The van der Waals surface area contributed by atoms with Gasteiger partial charge in [0.05, 0.1) is 12.0 Å². The summed E-state index contributed by atoms with van der Waals surface area (Å²) in [6.45, 7) is 5.54. The Bertz CT molecular complexity index is 782. The van der Waals surface area contributed by atoms with Gasteiger partial charge in [-0.3, -0.25) is 4.79 Å². The largest absolute Gasteiger partial charge is 0.340 e. The smallest absolute Gasteiger partial charge is 0.230 e. The number of carbonyl (C=O) groups is 1. The van der Waals surface area contributed by atoms with Crippen LogP contribution in [0, 0.1) is 13.8 Å². The van der Waals surface area contributed by atoms with Crippen LogP contribution in [0.25, 0.3) is 0 Å². The van der Waals surface area contributed by atoms with E-state index in [1.54, 1.807) is 0 Å². The zero-order valence-corrected chi connectivity index (χ0v) is 15.1. The van der Waals surface area contributed by atoms with Gasteiger partial charge in [-0.15, -0.1) is 0 Å². The second kappa shape index (κ2) is 6.62. The normalized spacial score (nSPS) is 23.4. The van der Waals surface area contributed by atoms with Crippen molar-refractivity contribution in [2.75, 3.05) is 13.1 Å². The monoisotopic (exact) mass is 338 g/mol. The van der Waals surface area contributed by atoms with E-state index in [-0.39, 0.29) is 12.0 Å². The summed E-state index contributed by atoms with van der Waals surface area (Å²) in [5, 5.41) is 4.54. The second-order valence-electron chi connectivity index (χ2n) is 7.37. The van der Waals surface area contributed by atoms with Gasteiger partial charge in [0.25, 0.3) is 0 Å². The third-order valence-electron chi connectivity index (χ3n) is 5.63. The van der Waals surface area contributed by atoms with Gasteiger partial charge in [0.15, 0.2) is 0 Å². The average molecular weight is 338 g/mol. The van der Waals surface area contributed by atoms with Crippen molar-refractivity contribution in [1.82, 2.24) is 19.7 Å². The van der Waals surface area contributed by atoms with Crippen LogP contribution in [-0.2, 0) is 11.2 Å². The number of amides is 1.